The summed E-state index contributed by atoms with van der Waals surface area (Å²) < 4.78 is 196. The van der Waals surface area contributed by atoms with Gasteiger partial charge in [-0.3, -0.25) is 83.4 Å². The number of furan rings is 3. The first-order valence-electron chi connectivity index (χ1n) is 31.9. The van der Waals surface area contributed by atoms with Crippen molar-refractivity contribution < 1.29 is 99.5 Å². The lowest BCUT2D eigenvalue weighted by Crippen LogP contribution is -2.36. The molecule has 0 N–H and O–H groups in total. The van der Waals surface area contributed by atoms with E-state index in [1.165, 1.54) is 79.2 Å². The second kappa shape index (κ2) is 31.0. The monoisotopic (exact) mass is 1720 g/mol. The molecule has 12 aromatic rings. The van der Waals surface area contributed by atoms with E-state index in [4.69, 9.17) is 61.6 Å². The van der Waals surface area contributed by atoms with E-state index in [-0.39, 0.29) is 115 Å². The molecule has 9 heterocycles. The molecule has 0 aliphatic heterocycles. The molecular formula is C66H51Cl3F9N12O19PS3. The quantitative estimate of drug-likeness (QED) is 0.0476. The highest BCUT2D eigenvalue weighted by molar-refractivity contribution is 7.48. The van der Waals surface area contributed by atoms with Crippen LogP contribution in [-0.4, -0.2) is 77.9 Å². The zero-order valence-electron chi connectivity index (χ0n) is 59.0. The summed E-state index contributed by atoms with van der Waals surface area (Å²) in [6, 6.07) is 8.64. The number of hydrogen-bond acceptors (Lipinski definition) is 22. The number of thiazole rings is 3. The van der Waals surface area contributed by atoms with Crippen molar-refractivity contribution in [3.63, 3.8) is 0 Å². The van der Waals surface area contributed by atoms with Gasteiger partial charge in [-0.15, -0.1) is 73.5 Å². The van der Waals surface area contributed by atoms with Crippen LogP contribution in [-0.2, 0) is 114 Å². The number of hydrogen-bond donors (Lipinski definition) is 0. The van der Waals surface area contributed by atoms with Gasteiger partial charge in [-0.05, 0) is 75.4 Å². The van der Waals surface area contributed by atoms with Gasteiger partial charge in [0.15, 0.2) is 14.4 Å². The van der Waals surface area contributed by atoms with E-state index in [0.717, 1.165) is 95.7 Å². The summed E-state index contributed by atoms with van der Waals surface area (Å²) >= 11 is 21.1. The normalized spacial score (nSPS) is 13.4. The molecule has 3 amide bonds. The Hall–Kier alpha value is -10.6. The molecular weight excluding hydrogens is 1670 g/mol. The number of ether oxygens (including phenoxy) is 3. The van der Waals surface area contributed by atoms with Crippen LogP contribution < -0.4 is 62.4 Å². The fraction of sp³-hybridized carbons (Fsp3) is 0.273. The fourth-order valence-corrected chi connectivity index (χ4v) is 16.1. The number of rotatable bonds is 21. The number of halogens is 12. The highest BCUT2D eigenvalue weighted by atomic mass is 35.5. The molecule has 0 spiro atoms. The van der Waals surface area contributed by atoms with E-state index >= 15 is 4.57 Å². The predicted octanol–water partition coefficient (Wildman–Crippen LogP) is 10.7. The molecule has 47 heteroatoms. The maximum atomic E-state index is 16.4. The second-order valence-electron chi connectivity index (χ2n) is 24.4. The molecule has 3 aromatic carbocycles. The lowest BCUT2D eigenvalue weighted by atomic mass is 10.1. The number of fused-ring (bicyclic) bond motifs is 3. The third-order valence-corrected chi connectivity index (χ3v) is 22.0. The van der Waals surface area contributed by atoms with Crippen LogP contribution in [0.2, 0.25) is 15.1 Å². The number of phosphoric acid groups is 1. The lowest BCUT2D eigenvalue weighted by Gasteiger charge is -2.21. The maximum absolute atomic E-state index is 16.4. The van der Waals surface area contributed by atoms with Crippen LogP contribution >= 0.6 is 76.6 Å². The molecule has 596 valence electrons. The Labute approximate surface area is 649 Å². The van der Waals surface area contributed by atoms with E-state index in [1.54, 1.807) is 0 Å². The summed E-state index contributed by atoms with van der Waals surface area (Å²) in [5.74, 6) is -5.76. The lowest BCUT2D eigenvalue weighted by molar-refractivity contribution is -0.275. The van der Waals surface area contributed by atoms with Gasteiger partial charge < -0.3 is 27.5 Å². The van der Waals surface area contributed by atoms with E-state index in [9.17, 15) is 82.7 Å². The molecule has 0 atom stereocenters. The summed E-state index contributed by atoms with van der Waals surface area (Å²) in [6.45, 7) is 0.613. The number of carbonyl (C=O) groups is 3. The number of carbonyl (C=O) groups excluding carboxylic acids is 3. The van der Waals surface area contributed by atoms with Gasteiger partial charge in [-0.1, -0.05) is 34.8 Å². The van der Waals surface area contributed by atoms with Crippen LogP contribution in [0.3, 0.4) is 0 Å². The molecule has 9 aromatic heterocycles. The SMILES string of the molecule is Cc1oc2c(c1CC(=O)N=c1scc(-c3ccc(OC(F)(F)F)c(Cl)c3)n1COP(=O)(OCn1c(-c3ccc(OC(F)(F)F)c(Cl)c3)csc1=NC(=O)Cc1c(C)oc3c1c(=O)n(C)c(=O)n3C)OCn1c(-c3ccc(OC(F)(F)F)c(Cl)c3)csc1=NC(=O)Cc1c(C)oc3c1c(=O)n(C)c(=O)n3C)c(=O)n(C)c(=O)n2C. The minimum Gasteiger partial charge on any atom is -0.444 e. The molecule has 0 unspecified atom stereocenters. The minimum atomic E-state index is -5.73. The molecule has 0 fully saturated rings. The van der Waals surface area contributed by atoms with Crippen LogP contribution in [0, 0.1) is 20.8 Å². The smallest absolute Gasteiger partial charge is 0.444 e. The first-order valence-corrected chi connectivity index (χ1v) is 37.2. The van der Waals surface area contributed by atoms with Crippen molar-refractivity contribution in [2.75, 3.05) is 0 Å². The molecule has 0 saturated heterocycles. The van der Waals surface area contributed by atoms with Crippen molar-refractivity contribution in [3.8, 4) is 51.0 Å². The largest absolute Gasteiger partial charge is 0.573 e. The van der Waals surface area contributed by atoms with E-state index in [0.29, 0.717) is 34.0 Å². The van der Waals surface area contributed by atoms with Crippen molar-refractivity contribution >= 4 is 128 Å². The van der Waals surface area contributed by atoms with Crippen LogP contribution in [0.25, 0.3) is 67.1 Å². The highest BCUT2D eigenvalue weighted by Crippen LogP contribution is 2.51. The zero-order valence-corrected chi connectivity index (χ0v) is 64.6. The second-order valence-corrected chi connectivity index (χ2v) is 29.8. The van der Waals surface area contributed by atoms with Crippen molar-refractivity contribution in [3.05, 3.63) is 197 Å². The Kier molecular flexibility index (Phi) is 22.5. The topological polar surface area (TPSA) is 347 Å². The number of aromatic nitrogens is 9. The number of amides is 3. The van der Waals surface area contributed by atoms with Crippen molar-refractivity contribution in [1.29, 1.82) is 0 Å². The van der Waals surface area contributed by atoms with Gasteiger partial charge in [0.2, 0.25) is 17.1 Å². The van der Waals surface area contributed by atoms with Crippen LogP contribution in [0.5, 0.6) is 17.2 Å². The van der Waals surface area contributed by atoms with Crippen LogP contribution in [0.1, 0.15) is 34.0 Å². The maximum Gasteiger partial charge on any atom is 0.573 e. The van der Waals surface area contributed by atoms with Gasteiger partial charge in [-0.25, -0.2) is 18.9 Å². The minimum absolute atomic E-state index is 0.00635. The molecule has 12 rings (SSSR count). The number of phosphoric ester groups is 1. The molecule has 0 aliphatic rings. The van der Waals surface area contributed by atoms with E-state index < -0.39 is 150 Å². The predicted molar refractivity (Wildman–Crippen MR) is 386 cm³/mol. The van der Waals surface area contributed by atoms with Gasteiger partial charge >= 0.3 is 44.0 Å². The van der Waals surface area contributed by atoms with Gasteiger partial charge in [-0.2, -0.15) is 15.0 Å². The third-order valence-electron chi connectivity index (χ3n) is 17.2. The van der Waals surface area contributed by atoms with Crippen LogP contribution in [0.15, 0.2) is 128 Å². The third kappa shape index (κ3) is 16.8. The summed E-state index contributed by atoms with van der Waals surface area (Å²) in [5.41, 5.74) is -6.25. The Morgan fingerprint density at radius 1 is 0.425 bits per heavy atom. The Morgan fingerprint density at radius 3 is 0.903 bits per heavy atom. The Balaban J connectivity index is 1.02. The molecule has 113 heavy (non-hydrogen) atoms. The van der Waals surface area contributed by atoms with Crippen LogP contribution in [0.4, 0.5) is 39.5 Å². The standard InChI is InChI=1S/C66H51Cl3F9N12O19PS3/c1-28-34(49-52(94)82(4)61(97)85(7)55(49)104-28)19-46(91)79-58-88(40(22-111-58)31-10-13-43(37(67)16-31)107-64(70,71)72)25-101-110(100,102-26-89-41(32-11-14-44(38(68)17-32)108-65(73,74)75)23-112-59(89)80-47(92)20-35-29(2)105-56-50(35)53(95)83(5)62(98)86(56)8)103-27-90-42(33-12-15-45(39(69)18-33)109-66(76,77)78)24-113-60(90)81-48(93)21-36-30(3)106-57-51(36)54(96)84(6)63(99)87(57)9/h10-18,22-24H,19-21,25-27H2,1-9H3. The first-order chi connectivity index (χ1) is 52.9. The first kappa shape index (κ1) is 81.8. The number of aryl methyl sites for hydroxylation is 6. The van der Waals surface area contributed by atoms with E-state index in [2.05, 4.69) is 29.2 Å². The van der Waals surface area contributed by atoms with Gasteiger partial charge in [0.1, 0.15) is 70.9 Å². The van der Waals surface area contributed by atoms with Crippen molar-refractivity contribution in [2.45, 2.75) is 79.3 Å². The summed E-state index contributed by atoms with van der Waals surface area (Å²) in [6.07, 6.45) is -17.9. The Bertz CT molecular complexity index is 6030. The highest BCUT2D eigenvalue weighted by Gasteiger charge is 2.37. The number of alkyl halides is 9. The van der Waals surface area contributed by atoms with E-state index in [1.807, 2.05) is 0 Å². The molecule has 0 aliphatic carbocycles. The number of nitrogens with zero attached hydrogens (tertiary/aromatic N) is 12. The summed E-state index contributed by atoms with van der Waals surface area (Å²) in [4.78, 5) is 135. The van der Waals surface area contributed by atoms with Gasteiger partial charge in [0.05, 0.1) is 51.4 Å². The summed E-state index contributed by atoms with van der Waals surface area (Å²) in [7, 11) is 1.72. The van der Waals surface area contributed by atoms with Gasteiger partial charge in [0, 0.05) is 91.8 Å². The molecule has 0 saturated carbocycles. The fourth-order valence-electron chi connectivity index (χ4n) is 11.7. The molecule has 0 radical (unpaired) electrons. The molecule has 0 bridgehead atoms. The van der Waals surface area contributed by atoms with Crippen molar-refractivity contribution in [1.82, 2.24) is 41.1 Å². The Morgan fingerprint density at radius 2 is 0.673 bits per heavy atom. The summed E-state index contributed by atoms with van der Waals surface area (Å²) in [5, 5.41) is 1.38. The average Bonchev–Trinajstić information content (AvgIpc) is 1.63. The molecule has 31 nitrogen and oxygen atoms in total. The zero-order chi connectivity index (χ0) is 82.3. The van der Waals surface area contributed by atoms with Crippen molar-refractivity contribution in [2.24, 2.45) is 57.3 Å². The van der Waals surface area contributed by atoms with Gasteiger partial charge in [0.25, 0.3) is 34.4 Å². The number of benzene rings is 3. The average molecular weight is 1720 g/mol.